The molecule has 3 aromatic rings. The van der Waals surface area contributed by atoms with Crippen LogP contribution in [-0.4, -0.2) is 49.3 Å². The molecule has 0 spiro atoms. The Bertz CT molecular complexity index is 966. The Labute approximate surface area is 183 Å². The number of aromatic nitrogens is 1. The summed E-state index contributed by atoms with van der Waals surface area (Å²) in [5.41, 5.74) is 3.76. The van der Waals surface area contributed by atoms with Gasteiger partial charge in [0.25, 0.3) is 0 Å². The number of nitrogens with zero attached hydrogens (tertiary/aromatic N) is 3. The normalized spacial score (nSPS) is 13.5. The molecule has 6 heteroatoms. The first-order chi connectivity index (χ1) is 15.3. The standard InChI is InChI=1S/C25H29N3O3/c1-30-17-16-28(23(29)18-20-10-4-2-5-11-20)19-22-24(21-12-6-3-7-13-21)26-31-25(22)27-14-8-9-15-27/h2-7,10-13H,8-9,14-19H2,1H3. The summed E-state index contributed by atoms with van der Waals surface area (Å²) in [7, 11) is 1.66. The van der Waals surface area contributed by atoms with Crippen LogP contribution in [0.3, 0.4) is 0 Å². The highest BCUT2D eigenvalue weighted by Crippen LogP contribution is 2.34. The maximum atomic E-state index is 13.2. The molecule has 0 unspecified atom stereocenters. The topological polar surface area (TPSA) is 58.8 Å². The van der Waals surface area contributed by atoms with Crippen molar-refractivity contribution in [2.24, 2.45) is 0 Å². The van der Waals surface area contributed by atoms with E-state index in [1.807, 2.05) is 65.6 Å². The number of methoxy groups -OCH3 is 1. The Kier molecular flexibility index (Phi) is 6.99. The van der Waals surface area contributed by atoms with Crippen molar-refractivity contribution in [2.45, 2.75) is 25.8 Å². The summed E-state index contributed by atoms with van der Waals surface area (Å²) in [6.07, 6.45) is 2.64. The minimum atomic E-state index is 0.0656. The van der Waals surface area contributed by atoms with Crippen LogP contribution in [0.4, 0.5) is 5.88 Å². The van der Waals surface area contributed by atoms with E-state index in [1.165, 1.54) is 0 Å². The molecule has 31 heavy (non-hydrogen) atoms. The maximum absolute atomic E-state index is 13.2. The highest BCUT2D eigenvalue weighted by molar-refractivity contribution is 5.79. The quantitative estimate of drug-likeness (QED) is 0.521. The van der Waals surface area contributed by atoms with Crippen molar-refractivity contribution >= 4 is 11.8 Å². The van der Waals surface area contributed by atoms with Crippen LogP contribution in [0, 0.1) is 0 Å². The summed E-state index contributed by atoms with van der Waals surface area (Å²) in [5, 5.41) is 4.42. The molecule has 0 radical (unpaired) electrons. The third kappa shape index (κ3) is 5.14. The molecule has 0 N–H and O–H groups in total. The molecule has 6 nitrogen and oxygen atoms in total. The van der Waals surface area contributed by atoms with Gasteiger partial charge in [-0.2, -0.15) is 0 Å². The first-order valence-electron chi connectivity index (χ1n) is 10.9. The SMILES string of the molecule is COCCN(Cc1c(-c2ccccc2)noc1N1CCCC1)C(=O)Cc1ccccc1. The van der Waals surface area contributed by atoms with E-state index in [1.54, 1.807) is 7.11 Å². The van der Waals surface area contributed by atoms with E-state index in [-0.39, 0.29) is 5.91 Å². The minimum Gasteiger partial charge on any atom is -0.383 e. The molecule has 0 aliphatic carbocycles. The van der Waals surface area contributed by atoms with Gasteiger partial charge in [0.2, 0.25) is 11.8 Å². The van der Waals surface area contributed by atoms with Gasteiger partial charge in [0, 0.05) is 32.3 Å². The van der Waals surface area contributed by atoms with Crippen molar-refractivity contribution in [3.63, 3.8) is 0 Å². The highest BCUT2D eigenvalue weighted by Gasteiger charge is 2.27. The summed E-state index contributed by atoms with van der Waals surface area (Å²) >= 11 is 0. The Morgan fingerprint density at radius 1 is 1.06 bits per heavy atom. The summed E-state index contributed by atoms with van der Waals surface area (Å²) in [4.78, 5) is 17.3. The van der Waals surface area contributed by atoms with Crippen molar-refractivity contribution in [3.8, 4) is 11.3 Å². The van der Waals surface area contributed by atoms with Gasteiger partial charge in [0.05, 0.1) is 25.1 Å². The maximum Gasteiger partial charge on any atom is 0.232 e. The second-order valence-corrected chi connectivity index (χ2v) is 7.85. The van der Waals surface area contributed by atoms with E-state index in [4.69, 9.17) is 9.26 Å². The van der Waals surface area contributed by atoms with E-state index in [2.05, 4.69) is 10.1 Å². The highest BCUT2D eigenvalue weighted by atomic mass is 16.5. The van der Waals surface area contributed by atoms with Crippen molar-refractivity contribution < 1.29 is 14.1 Å². The van der Waals surface area contributed by atoms with Gasteiger partial charge in [0.15, 0.2) is 0 Å². The lowest BCUT2D eigenvalue weighted by molar-refractivity contribution is -0.131. The second kappa shape index (κ2) is 10.3. The Morgan fingerprint density at radius 3 is 2.42 bits per heavy atom. The molecule has 2 aromatic carbocycles. The molecular weight excluding hydrogens is 390 g/mol. The summed E-state index contributed by atoms with van der Waals surface area (Å²) in [5.74, 6) is 0.849. The van der Waals surface area contributed by atoms with Gasteiger partial charge < -0.3 is 19.1 Å². The van der Waals surface area contributed by atoms with E-state index >= 15 is 0 Å². The molecule has 2 heterocycles. The van der Waals surface area contributed by atoms with Crippen LogP contribution in [0.25, 0.3) is 11.3 Å². The Balaban J connectivity index is 1.64. The predicted octanol–water partition coefficient (Wildman–Crippen LogP) is 4.16. The van der Waals surface area contributed by atoms with Crippen LogP contribution in [0.5, 0.6) is 0 Å². The number of hydrogen-bond acceptors (Lipinski definition) is 5. The zero-order valence-corrected chi connectivity index (χ0v) is 18.0. The average molecular weight is 420 g/mol. The smallest absolute Gasteiger partial charge is 0.232 e. The summed E-state index contributed by atoms with van der Waals surface area (Å²) in [6, 6.07) is 19.9. The van der Waals surface area contributed by atoms with Gasteiger partial charge in [-0.1, -0.05) is 65.8 Å². The Morgan fingerprint density at radius 2 is 1.74 bits per heavy atom. The van der Waals surface area contributed by atoms with Crippen molar-refractivity contribution in [1.29, 1.82) is 0 Å². The molecule has 1 amide bonds. The molecule has 0 bridgehead atoms. The van der Waals surface area contributed by atoms with E-state index in [9.17, 15) is 4.79 Å². The van der Waals surface area contributed by atoms with Crippen LogP contribution in [0.2, 0.25) is 0 Å². The zero-order chi connectivity index (χ0) is 21.5. The van der Waals surface area contributed by atoms with E-state index < -0.39 is 0 Å². The fraction of sp³-hybridized carbons (Fsp3) is 0.360. The number of amides is 1. The number of anilines is 1. The number of ether oxygens (including phenoxy) is 1. The molecule has 162 valence electrons. The first kappa shape index (κ1) is 21.1. The molecule has 1 fully saturated rings. The minimum absolute atomic E-state index is 0.0656. The molecule has 0 atom stereocenters. The van der Waals surface area contributed by atoms with Crippen LogP contribution in [0.15, 0.2) is 65.2 Å². The molecule has 4 rings (SSSR count). The number of rotatable bonds is 9. The second-order valence-electron chi connectivity index (χ2n) is 7.85. The number of hydrogen-bond donors (Lipinski definition) is 0. The van der Waals surface area contributed by atoms with E-state index in [0.29, 0.717) is 26.1 Å². The Hall–Kier alpha value is -3.12. The molecule has 0 saturated carbocycles. The van der Waals surface area contributed by atoms with Gasteiger partial charge in [-0.3, -0.25) is 4.79 Å². The lowest BCUT2D eigenvalue weighted by atomic mass is 10.1. The third-order valence-electron chi connectivity index (χ3n) is 5.67. The van der Waals surface area contributed by atoms with Gasteiger partial charge >= 0.3 is 0 Å². The van der Waals surface area contributed by atoms with Crippen LogP contribution in [0.1, 0.15) is 24.0 Å². The first-order valence-corrected chi connectivity index (χ1v) is 10.9. The fourth-order valence-corrected chi connectivity index (χ4v) is 4.00. The molecule has 1 aliphatic rings. The van der Waals surface area contributed by atoms with Crippen molar-refractivity contribution in [1.82, 2.24) is 10.1 Å². The van der Waals surface area contributed by atoms with Crippen LogP contribution >= 0.6 is 0 Å². The average Bonchev–Trinajstić information content (AvgIpc) is 3.47. The molecular formula is C25H29N3O3. The zero-order valence-electron chi connectivity index (χ0n) is 18.0. The van der Waals surface area contributed by atoms with Crippen LogP contribution in [-0.2, 0) is 22.5 Å². The van der Waals surface area contributed by atoms with E-state index in [0.717, 1.165) is 54.2 Å². The summed E-state index contributed by atoms with van der Waals surface area (Å²) in [6.45, 7) is 3.33. The van der Waals surface area contributed by atoms with Crippen LogP contribution < -0.4 is 4.90 Å². The van der Waals surface area contributed by atoms with Gasteiger partial charge in [-0.25, -0.2) is 0 Å². The summed E-state index contributed by atoms with van der Waals surface area (Å²) < 4.78 is 11.1. The van der Waals surface area contributed by atoms with Gasteiger partial charge in [-0.05, 0) is 18.4 Å². The monoisotopic (exact) mass is 419 g/mol. The number of benzene rings is 2. The van der Waals surface area contributed by atoms with Crippen molar-refractivity contribution in [3.05, 3.63) is 71.8 Å². The lowest BCUT2D eigenvalue weighted by Crippen LogP contribution is -2.35. The van der Waals surface area contributed by atoms with Gasteiger partial charge in [0.1, 0.15) is 5.69 Å². The molecule has 1 aromatic heterocycles. The number of carbonyl (C=O) groups excluding carboxylic acids is 1. The largest absolute Gasteiger partial charge is 0.383 e. The fourth-order valence-electron chi connectivity index (χ4n) is 4.00. The molecule has 1 saturated heterocycles. The molecule has 1 aliphatic heterocycles. The lowest BCUT2D eigenvalue weighted by Gasteiger charge is -2.24. The van der Waals surface area contributed by atoms with Crippen molar-refractivity contribution in [2.75, 3.05) is 38.3 Å². The third-order valence-corrected chi connectivity index (χ3v) is 5.67. The predicted molar refractivity (Wildman–Crippen MR) is 121 cm³/mol. The number of carbonyl (C=O) groups is 1. The van der Waals surface area contributed by atoms with Gasteiger partial charge in [-0.15, -0.1) is 0 Å².